The molecule has 1 saturated heterocycles. The average Bonchev–Trinajstić information content (AvgIpc) is 3.28. The van der Waals surface area contributed by atoms with Crippen LogP contribution in [0.5, 0.6) is 0 Å². The lowest BCUT2D eigenvalue weighted by Gasteiger charge is -2.28. The lowest BCUT2D eigenvalue weighted by molar-refractivity contribution is 0.186. The minimum atomic E-state index is -3.36. The molecule has 0 saturated carbocycles. The van der Waals surface area contributed by atoms with Crippen molar-refractivity contribution in [3.05, 3.63) is 77.4 Å². The summed E-state index contributed by atoms with van der Waals surface area (Å²) in [7, 11) is -1.65. The maximum absolute atomic E-state index is 11.6. The van der Waals surface area contributed by atoms with Gasteiger partial charge in [-0.3, -0.25) is 9.71 Å². The number of hydrogen-bond acceptors (Lipinski definition) is 5. The SMILES string of the molecule is COCCn1c(C)cc([C@@H]2[C@@H](c3ccccn3)NC(=S)N2c2ccc(NS(C)(=O)=O)cc2)c1C. The van der Waals surface area contributed by atoms with E-state index in [0.717, 1.165) is 41.1 Å². The summed E-state index contributed by atoms with van der Waals surface area (Å²) >= 11 is 5.80. The lowest BCUT2D eigenvalue weighted by Crippen LogP contribution is -2.29. The van der Waals surface area contributed by atoms with Gasteiger partial charge in [-0.05, 0) is 74.1 Å². The Morgan fingerprint density at radius 2 is 1.91 bits per heavy atom. The summed E-state index contributed by atoms with van der Waals surface area (Å²) in [5, 5.41) is 4.06. The number of ether oxygens (including phenoxy) is 1. The van der Waals surface area contributed by atoms with Crippen LogP contribution < -0.4 is 14.9 Å². The molecule has 34 heavy (non-hydrogen) atoms. The Morgan fingerprint density at radius 1 is 1.18 bits per heavy atom. The van der Waals surface area contributed by atoms with E-state index in [9.17, 15) is 8.42 Å². The summed E-state index contributed by atoms with van der Waals surface area (Å²) in [6.07, 6.45) is 2.92. The molecule has 0 bridgehead atoms. The zero-order valence-corrected chi connectivity index (χ0v) is 21.3. The largest absolute Gasteiger partial charge is 0.383 e. The van der Waals surface area contributed by atoms with Crippen molar-refractivity contribution >= 4 is 38.7 Å². The number of hydrogen-bond donors (Lipinski definition) is 2. The quantitative estimate of drug-likeness (QED) is 0.457. The molecule has 1 aliphatic rings. The van der Waals surface area contributed by atoms with E-state index in [0.29, 0.717) is 17.4 Å². The molecule has 4 rings (SSSR count). The third kappa shape index (κ3) is 4.94. The molecule has 2 N–H and O–H groups in total. The second kappa shape index (κ2) is 9.73. The van der Waals surface area contributed by atoms with Crippen molar-refractivity contribution in [3.63, 3.8) is 0 Å². The van der Waals surface area contributed by atoms with Gasteiger partial charge in [0.2, 0.25) is 10.0 Å². The zero-order chi connectivity index (χ0) is 24.5. The number of anilines is 2. The van der Waals surface area contributed by atoms with Gasteiger partial charge in [0.05, 0.1) is 30.6 Å². The average molecular weight is 500 g/mol. The van der Waals surface area contributed by atoms with Crippen molar-refractivity contribution in [2.75, 3.05) is 29.6 Å². The summed E-state index contributed by atoms with van der Waals surface area (Å²) < 4.78 is 33.3. The minimum Gasteiger partial charge on any atom is -0.383 e. The fourth-order valence-electron chi connectivity index (χ4n) is 4.51. The number of rotatable bonds is 8. The first-order valence-corrected chi connectivity index (χ1v) is 13.2. The van der Waals surface area contributed by atoms with E-state index >= 15 is 0 Å². The third-order valence-corrected chi connectivity index (χ3v) is 6.92. The van der Waals surface area contributed by atoms with Crippen LogP contribution in [0, 0.1) is 13.8 Å². The van der Waals surface area contributed by atoms with Gasteiger partial charge in [-0.2, -0.15) is 0 Å². The summed E-state index contributed by atoms with van der Waals surface area (Å²) in [5.74, 6) is 0. The highest BCUT2D eigenvalue weighted by molar-refractivity contribution is 7.92. The maximum Gasteiger partial charge on any atom is 0.229 e. The van der Waals surface area contributed by atoms with Crippen LogP contribution in [-0.2, 0) is 21.3 Å². The Balaban J connectivity index is 1.79. The van der Waals surface area contributed by atoms with Crippen molar-refractivity contribution in [3.8, 4) is 0 Å². The molecule has 1 fully saturated rings. The van der Waals surface area contributed by atoms with Gasteiger partial charge in [0, 0.05) is 42.6 Å². The Morgan fingerprint density at radius 3 is 2.53 bits per heavy atom. The lowest BCUT2D eigenvalue weighted by atomic mass is 9.96. The number of sulfonamides is 1. The van der Waals surface area contributed by atoms with Gasteiger partial charge in [0.25, 0.3) is 0 Å². The van der Waals surface area contributed by atoms with Crippen molar-refractivity contribution < 1.29 is 13.2 Å². The molecule has 8 nitrogen and oxygen atoms in total. The zero-order valence-electron chi connectivity index (χ0n) is 19.6. The van der Waals surface area contributed by atoms with E-state index in [-0.39, 0.29) is 12.1 Å². The molecule has 0 radical (unpaired) electrons. The molecule has 1 aromatic carbocycles. The van der Waals surface area contributed by atoms with Crippen LogP contribution >= 0.6 is 12.2 Å². The normalized spacial score (nSPS) is 18.2. The predicted molar refractivity (Wildman–Crippen MR) is 139 cm³/mol. The predicted octanol–water partition coefficient (Wildman–Crippen LogP) is 3.69. The molecule has 2 aromatic heterocycles. The second-order valence-electron chi connectivity index (χ2n) is 8.39. The number of thiocarbonyl (C=S) groups is 1. The summed E-state index contributed by atoms with van der Waals surface area (Å²) in [6.45, 7) is 5.60. The molecule has 0 unspecified atom stereocenters. The molecule has 1 aliphatic heterocycles. The third-order valence-electron chi connectivity index (χ3n) is 6.00. The van der Waals surface area contributed by atoms with Gasteiger partial charge >= 0.3 is 0 Å². The molecule has 0 amide bonds. The van der Waals surface area contributed by atoms with E-state index in [4.69, 9.17) is 17.0 Å². The van der Waals surface area contributed by atoms with E-state index in [2.05, 4.69) is 44.4 Å². The van der Waals surface area contributed by atoms with Crippen LogP contribution in [0.4, 0.5) is 11.4 Å². The first-order valence-electron chi connectivity index (χ1n) is 10.9. The number of nitrogens with zero attached hydrogens (tertiary/aromatic N) is 3. The first kappa shape index (κ1) is 24.2. The summed E-state index contributed by atoms with van der Waals surface area (Å²) in [4.78, 5) is 6.69. The molecule has 10 heteroatoms. The molecule has 3 heterocycles. The van der Waals surface area contributed by atoms with Crippen molar-refractivity contribution in [2.24, 2.45) is 0 Å². The monoisotopic (exact) mass is 499 g/mol. The van der Waals surface area contributed by atoms with Crippen molar-refractivity contribution in [1.29, 1.82) is 0 Å². The van der Waals surface area contributed by atoms with Gasteiger partial charge in [-0.15, -0.1) is 0 Å². The second-order valence-corrected chi connectivity index (χ2v) is 10.5. The van der Waals surface area contributed by atoms with Gasteiger partial charge in [-0.25, -0.2) is 8.42 Å². The van der Waals surface area contributed by atoms with E-state index in [1.807, 2.05) is 30.3 Å². The molecule has 0 spiro atoms. The Bertz CT molecular complexity index is 1270. The van der Waals surface area contributed by atoms with Crippen LogP contribution in [-0.4, -0.2) is 43.1 Å². The van der Waals surface area contributed by atoms with Crippen molar-refractivity contribution in [2.45, 2.75) is 32.5 Å². The van der Waals surface area contributed by atoms with Crippen LogP contribution in [0.2, 0.25) is 0 Å². The fraction of sp³-hybridized carbons (Fsp3) is 0.333. The Labute approximate surface area is 206 Å². The number of pyridine rings is 1. The van der Waals surface area contributed by atoms with Gasteiger partial charge < -0.3 is 19.5 Å². The minimum absolute atomic E-state index is 0.140. The molecule has 180 valence electrons. The number of aryl methyl sites for hydroxylation is 1. The smallest absolute Gasteiger partial charge is 0.229 e. The first-order chi connectivity index (χ1) is 16.2. The van der Waals surface area contributed by atoms with Gasteiger partial charge in [0.15, 0.2) is 5.11 Å². The molecular weight excluding hydrogens is 470 g/mol. The highest BCUT2D eigenvalue weighted by Gasteiger charge is 2.42. The van der Waals surface area contributed by atoms with E-state index in [1.54, 1.807) is 25.4 Å². The molecule has 0 aliphatic carbocycles. The number of aromatic nitrogens is 2. The number of benzene rings is 1. The molecular formula is C24H29N5O3S2. The highest BCUT2D eigenvalue weighted by Crippen LogP contribution is 2.43. The van der Waals surface area contributed by atoms with Crippen molar-refractivity contribution in [1.82, 2.24) is 14.9 Å². The Hall–Kier alpha value is -2.95. The van der Waals surface area contributed by atoms with Crippen LogP contribution in [0.15, 0.2) is 54.7 Å². The van der Waals surface area contributed by atoms with Gasteiger partial charge in [0.1, 0.15) is 0 Å². The Kier molecular flexibility index (Phi) is 6.92. The van der Waals surface area contributed by atoms with Gasteiger partial charge in [-0.1, -0.05) is 6.07 Å². The molecule has 3 aromatic rings. The summed E-state index contributed by atoms with van der Waals surface area (Å²) in [6, 6.07) is 15.0. The topological polar surface area (TPSA) is 88.5 Å². The summed E-state index contributed by atoms with van der Waals surface area (Å²) in [5.41, 5.74) is 5.70. The fourth-order valence-corrected chi connectivity index (χ4v) is 5.42. The number of methoxy groups -OCH3 is 1. The highest BCUT2D eigenvalue weighted by atomic mass is 32.2. The van der Waals surface area contributed by atoms with Crippen LogP contribution in [0.25, 0.3) is 0 Å². The van der Waals surface area contributed by atoms with Crippen LogP contribution in [0.1, 0.15) is 34.7 Å². The maximum atomic E-state index is 11.6. The van der Waals surface area contributed by atoms with Crippen LogP contribution in [0.3, 0.4) is 0 Å². The number of nitrogens with one attached hydrogen (secondary N) is 2. The van der Waals surface area contributed by atoms with E-state index < -0.39 is 10.0 Å². The standard InChI is InChI=1S/C24H29N5O3S2/c1-16-15-20(17(2)28(16)13-14-32-3)23-22(21-7-5-6-12-25-21)26-24(33)29(23)19-10-8-18(9-11-19)27-34(4,30)31/h5-12,15,22-23,27H,13-14H2,1-4H3,(H,26,33)/t22-,23-/m1/s1. The van der Waals surface area contributed by atoms with E-state index in [1.165, 1.54) is 0 Å². The molecule has 2 atom stereocenters.